The lowest BCUT2D eigenvalue weighted by Gasteiger charge is -2.25. The summed E-state index contributed by atoms with van der Waals surface area (Å²) >= 11 is 0. The van der Waals surface area contributed by atoms with E-state index in [4.69, 9.17) is 15.2 Å². The predicted molar refractivity (Wildman–Crippen MR) is 158 cm³/mol. The summed E-state index contributed by atoms with van der Waals surface area (Å²) in [4.78, 5) is 25.4. The lowest BCUT2D eigenvalue weighted by molar-refractivity contribution is -0.111. The second kappa shape index (κ2) is 13.2. The molecule has 0 aliphatic rings. The number of nitrogens with two attached hydrogens (primary N) is 1. The van der Waals surface area contributed by atoms with Gasteiger partial charge in [-0.1, -0.05) is 67.6 Å². The largest absolute Gasteiger partial charge is 0.504 e. The molecule has 0 heterocycles. The highest BCUT2D eigenvalue weighted by Crippen LogP contribution is 2.35. The third kappa shape index (κ3) is 7.11. The topological polar surface area (TPSA) is 123 Å². The number of carbonyl (C=O) groups is 2. The van der Waals surface area contributed by atoms with Crippen molar-refractivity contribution < 1.29 is 24.2 Å². The molecule has 2 atom stereocenters. The number of rotatable bonds is 10. The van der Waals surface area contributed by atoms with Gasteiger partial charge in [0.05, 0.1) is 24.2 Å². The van der Waals surface area contributed by atoms with Gasteiger partial charge in [0.15, 0.2) is 11.5 Å². The summed E-state index contributed by atoms with van der Waals surface area (Å²) < 4.78 is 11.1. The first kappa shape index (κ1) is 28.0. The molecule has 2 amide bonds. The SMILES string of the molecule is COc1ccc([C@@H](OC(=O)Nc2cccc3ccccc23)[C@@H](C)CC/C=C/C(=O)Nc2ccccc2N)cc1O. The zero-order chi connectivity index (χ0) is 28.5. The average Bonchev–Trinajstić information content (AvgIpc) is 2.95. The average molecular weight is 540 g/mol. The van der Waals surface area contributed by atoms with Crippen molar-refractivity contribution in [3.63, 3.8) is 0 Å². The number of methoxy groups -OCH3 is 1. The van der Waals surface area contributed by atoms with Crippen molar-refractivity contribution in [2.24, 2.45) is 5.92 Å². The van der Waals surface area contributed by atoms with Crippen molar-refractivity contribution in [1.29, 1.82) is 0 Å². The van der Waals surface area contributed by atoms with Crippen molar-refractivity contribution in [3.05, 3.63) is 103 Å². The number of carbonyl (C=O) groups excluding carboxylic acids is 2. The lowest BCUT2D eigenvalue weighted by Crippen LogP contribution is -2.22. The van der Waals surface area contributed by atoms with E-state index in [1.165, 1.54) is 13.2 Å². The molecule has 0 bridgehead atoms. The van der Waals surface area contributed by atoms with Gasteiger partial charge in [-0.25, -0.2) is 4.79 Å². The predicted octanol–water partition coefficient (Wildman–Crippen LogP) is 7.04. The van der Waals surface area contributed by atoms with Crippen LogP contribution in [-0.4, -0.2) is 24.2 Å². The van der Waals surface area contributed by atoms with Gasteiger partial charge in [0.25, 0.3) is 0 Å². The maximum Gasteiger partial charge on any atom is 0.412 e. The van der Waals surface area contributed by atoms with Gasteiger partial charge < -0.3 is 25.6 Å². The number of hydrogen-bond donors (Lipinski definition) is 4. The van der Waals surface area contributed by atoms with Crippen molar-refractivity contribution in [1.82, 2.24) is 0 Å². The van der Waals surface area contributed by atoms with E-state index in [-0.39, 0.29) is 17.6 Å². The zero-order valence-corrected chi connectivity index (χ0v) is 22.5. The Morgan fingerprint density at radius 3 is 2.45 bits per heavy atom. The molecule has 0 unspecified atom stereocenters. The number of benzene rings is 4. The number of para-hydroxylation sites is 2. The molecule has 0 fully saturated rings. The van der Waals surface area contributed by atoms with E-state index in [9.17, 15) is 14.7 Å². The Morgan fingerprint density at radius 2 is 1.68 bits per heavy atom. The third-order valence-electron chi connectivity index (χ3n) is 6.59. The quantitative estimate of drug-likeness (QED) is 0.127. The number of fused-ring (bicyclic) bond motifs is 1. The normalized spacial score (nSPS) is 12.6. The lowest BCUT2D eigenvalue weighted by atomic mass is 9.92. The number of allylic oxidation sites excluding steroid dienone is 1. The maximum atomic E-state index is 13.1. The van der Waals surface area contributed by atoms with E-state index >= 15 is 0 Å². The molecule has 0 aliphatic carbocycles. The molecule has 4 aromatic carbocycles. The Bertz CT molecular complexity index is 1510. The minimum Gasteiger partial charge on any atom is -0.504 e. The molecule has 0 spiro atoms. The monoisotopic (exact) mass is 539 g/mol. The van der Waals surface area contributed by atoms with E-state index in [0.717, 1.165) is 10.8 Å². The van der Waals surface area contributed by atoms with Gasteiger partial charge >= 0.3 is 6.09 Å². The van der Waals surface area contributed by atoms with Crippen LogP contribution in [-0.2, 0) is 9.53 Å². The van der Waals surface area contributed by atoms with Crippen LogP contribution in [0.1, 0.15) is 31.4 Å². The molecule has 206 valence electrons. The summed E-state index contributed by atoms with van der Waals surface area (Å²) in [5, 5.41) is 17.9. The maximum absolute atomic E-state index is 13.1. The summed E-state index contributed by atoms with van der Waals surface area (Å²) in [6.07, 6.45) is 3.12. The standard InChI is InChI=1S/C32H33N3O5/c1-21(10-3-8-17-30(37)34-27-15-7-6-14-25(27)33)31(23-18-19-29(39-2)28(36)20-23)40-32(38)35-26-16-9-12-22-11-4-5-13-24(22)26/h4-9,11-21,31,36H,3,10,33H2,1-2H3,(H,34,37)(H,35,38)/b17-8+/t21-,31-/m0/s1. The van der Waals surface area contributed by atoms with E-state index in [1.807, 2.05) is 49.4 Å². The van der Waals surface area contributed by atoms with E-state index in [0.29, 0.717) is 41.2 Å². The van der Waals surface area contributed by atoms with Crippen LogP contribution in [0.3, 0.4) is 0 Å². The molecule has 40 heavy (non-hydrogen) atoms. The van der Waals surface area contributed by atoms with Crippen LogP contribution in [0.4, 0.5) is 21.9 Å². The molecule has 8 nitrogen and oxygen atoms in total. The van der Waals surface area contributed by atoms with Gasteiger partial charge in [-0.2, -0.15) is 0 Å². The minimum absolute atomic E-state index is 0.0491. The number of aromatic hydroxyl groups is 1. The first-order valence-electron chi connectivity index (χ1n) is 13.0. The number of anilines is 3. The molecule has 4 rings (SSSR count). The zero-order valence-electron chi connectivity index (χ0n) is 22.5. The first-order chi connectivity index (χ1) is 19.4. The summed E-state index contributed by atoms with van der Waals surface area (Å²) in [5.74, 6) is -0.160. The highest BCUT2D eigenvalue weighted by atomic mass is 16.6. The second-order valence-electron chi connectivity index (χ2n) is 9.44. The summed E-state index contributed by atoms with van der Waals surface area (Å²) in [6.45, 7) is 1.95. The van der Waals surface area contributed by atoms with Crippen LogP contribution in [0.2, 0.25) is 0 Å². The highest BCUT2D eigenvalue weighted by Gasteiger charge is 2.25. The summed E-state index contributed by atoms with van der Waals surface area (Å²) in [5.41, 5.74) is 8.19. The van der Waals surface area contributed by atoms with Gasteiger partial charge in [0, 0.05) is 5.39 Å². The number of nitrogen functional groups attached to an aromatic ring is 1. The molecule has 0 aromatic heterocycles. The minimum atomic E-state index is -0.668. The number of phenols is 1. The highest BCUT2D eigenvalue weighted by molar-refractivity contribution is 6.01. The van der Waals surface area contributed by atoms with Crippen LogP contribution in [0.5, 0.6) is 11.5 Å². The van der Waals surface area contributed by atoms with E-state index < -0.39 is 12.2 Å². The Hall–Kier alpha value is -4.98. The van der Waals surface area contributed by atoms with Crippen molar-refractivity contribution >= 4 is 39.8 Å². The van der Waals surface area contributed by atoms with Gasteiger partial charge in [-0.15, -0.1) is 0 Å². The third-order valence-corrected chi connectivity index (χ3v) is 6.59. The number of nitrogens with one attached hydrogen (secondary N) is 2. The van der Waals surface area contributed by atoms with Gasteiger partial charge in [0.2, 0.25) is 5.91 Å². The molecule has 4 aromatic rings. The van der Waals surface area contributed by atoms with Gasteiger partial charge in [-0.05, 0) is 66.1 Å². The van der Waals surface area contributed by atoms with Crippen molar-refractivity contribution in [3.8, 4) is 11.5 Å². The van der Waals surface area contributed by atoms with E-state index in [2.05, 4.69) is 10.6 Å². The number of amides is 2. The molecule has 8 heteroatoms. The number of phenolic OH excluding ortho intramolecular Hbond substituents is 1. The Kier molecular flexibility index (Phi) is 9.25. The summed E-state index contributed by atoms with van der Waals surface area (Å²) in [6, 6.07) is 25.4. The molecule has 0 radical (unpaired) electrons. The fourth-order valence-electron chi connectivity index (χ4n) is 4.47. The van der Waals surface area contributed by atoms with Crippen LogP contribution < -0.4 is 21.1 Å². The van der Waals surface area contributed by atoms with Gasteiger partial charge in [-0.3, -0.25) is 10.1 Å². The first-order valence-corrected chi connectivity index (χ1v) is 13.0. The molecule has 0 saturated carbocycles. The number of ether oxygens (including phenoxy) is 2. The summed E-state index contributed by atoms with van der Waals surface area (Å²) in [7, 11) is 1.47. The van der Waals surface area contributed by atoms with Crippen molar-refractivity contribution in [2.75, 3.05) is 23.5 Å². The second-order valence-corrected chi connectivity index (χ2v) is 9.44. The smallest absolute Gasteiger partial charge is 0.412 e. The van der Waals surface area contributed by atoms with Crippen LogP contribution in [0, 0.1) is 5.92 Å². The molecular formula is C32H33N3O5. The van der Waals surface area contributed by atoms with Crippen molar-refractivity contribution in [2.45, 2.75) is 25.9 Å². The Labute approximate surface area is 233 Å². The molecule has 5 N–H and O–H groups in total. The fourth-order valence-corrected chi connectivity index (χ4v) is 4.47. The van der Waals surface area contributed by atoms with Crippen LogP contribution in [0.15, 0.2) is 97.1 Å². The molecule has 0 aliphatic heterocycles. The van der Waals surface area contributed by atoms with Gasteiger partial charge in [0.1, 0.15) is 6.10 Å². The Balaban J connectivity index is 1.45. The molecular weight excluding hydrogens is 506 g/mol. The Morgan fingerprint density at radius 1 is 0.950 bits per heavy atom. The van der Waals surface area contributed by atoms with Crippen LogP contribution >= 0.6 is 0 Å². The molecule has 0 saturated heterocycles. The fraction of sp³-hybridized carbons (Fsp3) is 0.188. The van der Waals surface area contributed by atoms with E-state index in [1.54, 1.807) is 48.5 Å². The number of hydrogen-bond acceptors (Lipinski definition) is 6. The van der Waals surface area contributed by atoms with Crippen LogP contribution in [0.25, 0.3) is 10.8 Å².